The summed E-state index contributed by atoms with van der Waals surface area (Å²) in [6.45, 7) is 6.62. The summed E-state index contributed by atoms with van der Waals surface area (Å²) >= 11 is 0. The molecule has 0 saturated carbocycles. The van der Waals surface area contributed by atoms with Crippen LogP contribution in [-0.4, -0.2) is 38.9 Å². The first-order valence-electron chi connectivity index (χ1n) is 6.78. The predicted octanol–water partition coefficient (Wildman–Crippen LogP) is 1.34. The van der Waals surface area contributed by atoms with E-state index in [1.54, 1.807) is 4.90 Å². The molecule has 1 amide bonds. The first-order valence-corrected chi connectivity index (χ1v) is 6.78. The van der Waals surface area contributed by atoms with E-state index in [2.05, 4.69) is 9.97 Å². The quantitative estimate of drug-likeness (QED) is 0.850. The molecular formula is C14H19N5O. The van der Waals surface area contributed by atoms with E-state index in [1.165, 1.54) is 0 Å². The van der Waals surface area contributed by atoms with Crippen molar-refractivity contribution in [1.82, 2.24) is 19.4 Å². The summed E-state index contributed by atoms with van der Waals surface area (Å²) in [7, 11) is 1.84. The Hall–Kier alpha value is -2.11. The van der Waals surface area contributed by atoms with Crippen LogP contribution in [0, 0.1) is 20.8 Å². The number of aryl methyl sites for hydroxylation is 2. The Bertz CT molecular complexity index is 718. The topological polar surface area (TPSA) is 77.0 Å². The van der Waals surface area contributed by atoms with E-state index in [0.717, 1.165) is 35.3 Å². The van der Waals surface area contributed by atoms with E-state index in [1.807, 2.05) is 32.4 Å². The van der Waals surface area contributed by atoms with Gasteiger partial charge in [-0.3, -0.25) is 4.79 Å². The second-order valence-corrected chi connectivity index (χ2v) is 5.50. The number of likely N-dealkylation sites (N-methyl/N-ethyl adjacent to an activating group) is 1. The Labute approximate surface area is 117 Å². The minimum Gasteiger partial charge on any atom is -0.383 e. The molecule has 1 fully saturated rings. The molecule has 1 saturated heterocycles. The van der Waals surface area contributed by atoms with E-state index in [0.29, 0.717) is 11.6 Å². The lowest BCUT2D eigenvalue weighted by molar-refractivity contribution is -0.129. The van der Waals surface area contributed by atoms with Crippen LogP contribution in [0.2, 0.25) is 0 Å². The number of hydrogen-bond donors (Lipinski definition) is 1. The number of likely N-dealkylation sites (tertiary alicyclic amines) is 1. The Morgan fingerprint density at radius 3 is 2.55 bits per heavy atom. The molecule has 1 atom stereocenters. The summed E-state index contributed by atoms with van der Waals surface area (Å²) in [5.74, 6) is 1.26. The van der Waals surface area contributed by atoms with Crippen molar-refractivity contribution in [2.75, 3.05) is 19.3 Å². The SMILES string of the molecule is Cc1nc(N)c2c(C)c(C)n(C3CCN(C)C3=O)c2n1. The number of nitrogen functional groups attached to an aromatic ring is 1. The van der Waals surface area contributed by atoms with E-state index in [9.17, 15) is 4.79 Å². The van der Waals surface area contributed by atoms with Gasteiger partial charge in [0, 0.05) is 19.3 Å². The lowest BCUT2D eigenvalue weighted by atomic mass is 10.2. The highest BCUT2D eigenvalue weighted by Crippen LogP contribution is 2.33. The van der Waals surface area contributed by atoms with Crippen molar-refractivity contribution in [3.05, 3.63) is 17.1 Å². The van der Waals surface area contributed by atoms with Crippen LogP contribution >= 0.6 is 0 Å². The Morgan fingerprint density at radius 2 is 1.95 bits per heavy atom. The number of nitrogens with zero attached hydrogens (tertiary/aromatic N) is 4. The van der Waals surface area contributed by atoms with Crippen molar-refractivity contribution >= 4 is 22.8 Å². The van der Waals surface area contributed by atoms with Crippen molar-refractivity contribution in [2.24, 2.45) is 0 Å². The normalized spacial score (nSPS) is 19.3. The van der Waals surface area contributed by atoms with Crippen LogP contribution in [0.4, 0.5) is 5.82 Å². The molecule has 1 unspecified atom stereocenters. The van der Waals surface area contributed by atoms with Gasteiger partial charge in [-0.2, -0.15) is 0 Å². The van der Waals surface area contributed by atoms with Crippen LogP contribution in [0.15, 0.2) is 0 Å². The van der Waals surface area contributed by atoms with Gasteiger partial charge in [0.2, 0.25) is 5.91 Å². The first-order chi connectivity index (χ1) is 9.41. The van der Waals surface area contributed by atoms with Crippen molar-refractivity contribution in [2.45, 2.75) is 33.2 Å². The summed E-state index contributed by atoms with van der Waals surface area (Å²) in [5.41, 5.74) is 8.91. The van der Waals surface area contributed by atoms with E-state index >= 15 is 0 Å². The number of carbonyl (C=O) groups excluding carboxylic acids is 1. The van der Waals surface area contributed by atoms with Crippen LogP contribution in [0.25, 0.3) is 11.0 Å². The van der Waals surface area contributed by atoms with Crippen LogP contribution in [0.1, 0.15) is 29.5 Å². The van der Waals surface area contributed by atoms with Crippen LogP contribution in [0.3, 0.4) is 0 Å². The minimum atomic E-state index is -0.176. The van der Waals surface area contributed by atoms with Crippen molar-refractivity contribution in [3.8, 4) is 0 Å². The number of rotatable bonds is 1. The van der Waals surface area contributed by atoms with Crippen molar-refractivity contribution in [3.63, 3.8) is 0 Å². The molecule has 0 aliphatic carbocycles. The Morgan fingerprint density at radius 1 is 1.25 bits per heavy atom. The third-order valence-electron chi connectivity index (χ3n) is 4.25. The van der Waals surface area contributed by atoms with Crippen molar-refractivity contribution < 1.29 is 4.79 Å². The summed E-state index contributed by atoms with van der Waals surface area (Å²) in [6.07, 6.45) is 0.808. The predicted molar refractivity (Wildman–Crippen MR) is 77.4 cm³/mol. The molecule has 0 aromatic carbocycles. The first kappa shape index (κ1) is 12.9. The van der Waals surface area contributed by atoms with Gasteiger partial charge < -0.3 is 15.2 Å². The van der Waals surface area contributed by atoms with Crippen LogP contribution in [0.5, 0.6) is 0 Å². The molecular weight excluding hydrogens is 254 g/mol. The molecule has 3 heterocycles. The fourth-order valence-corrected chi connectivity index (χ4v) is 3.06. The molecule has 20 heavy (non-hydrogen) atoms. The molecule has 3 rings (SSSR count). The summed E-state index contributed by atoms with van der Waals surface area (Å²) < 4.78 is 2.03. The largest absolute Gasteiger partial charge is 0.383 e. The van der Waals surface area contributed by atoms with Gasteiger partial charge in [-0.15, -0.1) is 0 Å². The number of carbonyl (C=O) groups is 1. The monoisotopic (exact) mass is 273 g/mol. The van der Waals surface area contributed by atoms with E-state index < -0.39 is 0 Å². The number of hydrogen-bond acceptors (Lipinski definition) is 4. The maximum Gasteiger partial charge on any atom is 0.245 e. The molecule has 2 aromatic heterocycles. The Kier molecular flexibility index (Phi) is 2.70. The summed E-state index contributed by atoms with van der Waals surface area (Å²) in [5, 5.41) is 0.871. The zero-order valence-electron chi connectivity index (χ0n) is 12.3. The zero-order chi connectivity index (χ0) is 14.6. The van der Waals surface area contributed by atoms with Gasteiger partial charge in [0.25, 0.3) is 0 Å². The highest BCUT2D eigenvalue weighted by atomic mass is 16.2. The van der Waals surface area contributed by atoms with Crippen LogP contribution in [-0.2, 0) is 4.79 Å². The van der Waals surface area contributed by atoms with E-state index in [4.69, 9.17) is 5.73 Å². The molecule has 106 valence electrons. The second-order valence-electron chi connectivity index (χ2n) is 5.50. The molecule has 6 heteroatoms. The summed E-state index contributed by atoms with van der Waals surface area (Å²) in [4.78, 5) is 22.8. The molecule has 0 bridgehead atoms. The highest BCUT2D eigenvalue weighted by molar-refractivity contribution is 5.93. The number of amides is 1. The standard InChI is InChI=1S/C14H19N5O/c1-7-8(2)19(10-5-6-18(4)14(10)20)13-11(7)12(15)16-9(3)17-13/h10H,5-6H2,1-4H3,(H2,15,16,17). The number of anilines is 1. The highest BCUT2D eigenvalue weighted by Gasteiger charge is 2.33. The van der Waals surface area contributed by atoms with Gasteiger partial charge in [-0.1, -0.05) is 0 Å². The van der Waals surface area contributed by atoms with Gasteiger partial charge in [0.05, 0.1) is 5.39 Å². The second kappa shape index (κ2) is 4.19. The molecule has 1 aliphatic heterocycles. The third-order valence-corrected chi connectivity index (χ3v) is 4.25. The number of fused-ring (bicyclic) bond motifs is 1. The van der Waals surface area contributed by atoms with Crippen LogP contribution < -0.4 is 5.73 Å². The third kappa shape index (κ3) is 1.60. The molecule has 2 aromatic rings. The molecule has 2 N–H and O–H groups in total. The minimum absolute atomic E-state index is 0.139. The summed E-state index contributed by atoms with van der Waals surface area (Å²) in [6, 6.07) is -0.176. The lowest BCUT2D eigenvalue weighted by Crippen LogP contribution is -2.25. The van der Waals surface area contributed by atoms with Gasteiger partial charge in [0.15, 0.2) is 0 Å². The average Bonchev–Trinajstić information content (AvgIpc) is 2.81. The smallest absolute Gasteiger partial charge is 0.245 e. The maximum atomic E-state index is 12.3. The molecule has 1 aliphatic rings. The van der Waals surface area contributed by atoms with Gasteiger partial charge in [-0.05, 0) is 32.8 Å². The maximum absolute atomic E-state index is 12.3. The lowest BCUT2D eigenvalue weighted by Gasteiger charge is -2.15. The Balaban J connectivity index is 2.31. The fourth-order valence-electron chi connectivity index (χ4n) is 3.06. The van der Waals surface area contributed by atoms with Crippen molar-refractivity contribution in [1.29, 1.82) is 0 Å². The number of nitrogens with two attached hydrogens (primary N) is 1. The van der Waals surface area contributed by atoms with Gasteiger partial charge in [0.1, 0.15) is 23.3 Å². The zero-order valence-corrected chi connectivity index (χ0v) is 12.3. The molecule has 0 radical (unpaired) electrons. The number of aromatic nitrogens is 3. The molecule has 6 nitrogen and oxygen atoms in total. The van der Waals surface area contributed by atoms with E-state index in [-0.39, 0.29) is 11.9 Å². The average molecular weight is 273 g/mol. The fraction of sp³-hybridized carbons (Fsp3) is 0.500. The van der Waals surface area contributed by atoms with Gasteiger partial charge in [-0.25, -0.2) is 9.97 Å². The van der Waals surface area contributed by atoms with Gasteiger partial charge >= 0.3 is 0 Å². The molecule has 0 spiro atoms.